The van der Waals surface area contributed by atoms with Crippen LogP contribution in [-0.2, 0) is 17.8 Å². The van der Waals surface area contributed by atoms with Gasteiger partial charge in [0.05, 0.1) is 39.2 Å². The van der Waals surface area contributed by atoms with Crippen molar-refractivity contribution in [1.82, 2.24) is 5.32 Å². The van der Waals surface area contributed by atoms with Gasteiger partial charge in [-0.15, -0.1) is 0 Å². The summed E-state index contributed by atoms with van der Waals surface area (Å²) in [6.07, 6.45) is 0.285. The fourth-order valence-electron chi connectivity index (χ4n) is 3.63. The summed E-state index contributed by atoms with van der Waals surface area (Å²) in [6, 6.07) is 32.3. The molecule has 0 aliphatic heterocycles. The largest absolute Gasteiger partial charge is 0.633 e. The van der Waals surface area contributed by atoms with Crippen molar-refractivity contribution in [2.24, 2.45) is 0 Å². The third-order valence-electron chi connectivity index (χ3n) is 5.80. The van der Waals surface area contributed by atoms with Gasteiger partial charge in [-0.05, 0) is 52.6 Å². The van der Waals surface area contributed by atoms with Gasteiger partial charge >= 0.3 is 5.97 Å². The molecule has 0 saturated heterocycles. The molecule has 0 aliphatic carbocycles. The van der Waals surface area contributed by atoms with E-state index in [1.165, 1.54) is 23.3 Å². The Bertz CT molecular complexity index is 1370. The third-order valence-corrected chi connectivity index (χ3v) is 6.03. The molecule has 0 bridgehead atoms. The molecule has 0 radical (unpaired) electrons. The lowest BCUT2D eigenvalue weighted by Crippen LogP contribution is -2.40. The molecule has 0 saturated carbocycles. The van der Waals surface area contributed by atoms with Gasteiger partial charge in [-0.1, -0.05) is 84.4 Å². The summed E-state index contributed by atoms with van der Waals surface area (Å²) < 4.78 is 5.45. The van der Waals surface area contributed by atoms with Crippen molar-refractivity contribution in [2.75, 3.05) is 27.2 Å². The van der Waals surface area contributed by atoms with Crippen LogP contribution in [0.4, 0.5) is 0 Å². The normalized spacial score (nSPS) is 10.7. The predicted octanol–water partition coefficient (Wildman–Crippen LogP) is 6.20. The molecule has 2 N–H and O–H groups in total. The summed E-state index contributed by atoms with van der Waals surface area (Å²) in [6.45, 7) is 1.21. The molecule has 0 heterocycles. The second kappa shape index (κ2) is 14.8. The van der Waals surface area contributed by atoms with E-state index in [-0.39, 0.29) is 17.9 Å². The molecular weight excluding hydrogens is 528 g/mol. The van der Waals surface area contributed by atoms with Gasteiger partial charge in [-0.2, -0.15) is 0 Å². The van der Waals surface area contributed by atoms with Crippen molar-refractivity contribution in [3.05, 3.63) is 130 Å². The smallest absolute Gasteiger partial charge is 0.335 e. The molecule has 0 aromatic heterocycles. The topological polar surface area (TPSA) is 98.7 Å². The number of benzene rings is 4. The molecule has 8 heteroatoms. The van der Waals surface area contributed by atoms with E-state index < -0.39 is 10.6 Å². The molecule has 4 aromatic carbocycles. The van der Waals surface area contributed by atoms with E-state index in [1.54, 1.807) is 26.2 Å². The van der Waals surface area contributed by atoms with Gasteiger partial charge < -0.3 is 25.0 Å². The minimum atomic E-state index is -0.956. The Kier molecular flexibility index (Phi) is 11.3. The number of carbonyl (C=O) groups is 2. The van der Waals surface area contributed by atoms with Crippen molar-refractivity contribution in [3.8, 4) is 16.9 Å². The highest BCUT2D eigenvalue weighted by Gasteiger charge is 2.07. The summed E-state index contributed by atoms with van der Waals surface area (Å²) in [7, 11) is 3.12. The zero-order valence-electron chi connectivity index (χ0n) is 22.5. The highest BCUT2D eigenvalue weighted by Crippen LogP contribution is 2.20. The summed E-state index contributed by atoms with van der Waals surface area (Å²) in [5.41, 5.74) is 4.59. The van der Waals surface area contributed by atoms with Gasteiger partial charge in [0.15, 0.2) is 0 Å². The van der Waals surface area contributed by atoms with Crippen LogP contribution in [0, 0.1) is 5.21 Å². The first-order valence-electron chi connectivity index (χ1n) is 12.7. The van der Waals surface area contributed by atoms with E-state index in [1.807, 2.05) is 42.5 Å². The van der Waals surface area contributed by atoms with Gasteiger partial charge in [0, 0.05) is 5.02 Å². The summed E-state index contributed by atoms with van der Waals surface area (Å²) in [5, 5.41) is 23.2. The molecular formula is C32H33ClN2O5. The van der Waals surface area contributed by atoms with E-state index in [4.69, 9.17) is 21.4 Å². The number of hydroxylamine groups is 3. The van der Waals surface area contributed by atoms with Crippen LogP contribution in [0.1, 0.15) is 21.5 Å². The van der Waals surface area contributed by atoms with Crippen molar-refractivity contribution in [1.29, 1.82) is 0 Å². The van der Waals surface area contributed by atoms with Crippen LogP contribution in [0.2, 0.25) is 5.02 Å². The molecule has 208 valence electrons. The Morgan fingerprint density at radius 2 is 1.48 bits per heavy atom. The number of hydrogen-bond acceptors (Lipinski definition) is 4. The van der Waals surface area contributed by atoms with E-state index in [0.29, 0.717) is 24.7 Å². The maximum atomic E-state index is 12.0. The first-order valence-corrected chi connectivity index (χ1v) is 13.1. The van der Waals surface area contributed by atoms with Crippen molar-refractivity contribution < 1.29 is 24.1 Å². The number of nitrogens with one attached hydrogen (secondary N) is 1. The van der Waals surface area contributed by atoms with E-state index in [9.17, 15) is 14.8 Å². The molecule has 7 nitrogen and oxygen atoms in total. The van der Waals surface area contributed by atoms with Gasteiger partial charge in [-0.3, -0.25) is 4.79 Å². The zero-order valence-corrected chi connectivity index (χ0v) is 23.3. The maximum Gasteiger partial charge on any atom is 0.335 e. The number of hydrogen-bond donors (Lipinski definition) is 2. The zero-order chi connectivity index (χ0) is 29.0. The van der Waals surface area contributed by atoms with Crippen molar-refractivity contribution in [3.63, 3.8) is 0 Å². The van der Waals surface area contributed by atoms with E-state index in [0.717, 1.165) is 16.9 Å². The second-order valence-electron chi connectivity index (χ2n) is 9.64. The highest BCUT2D eigenvalue weighted by molar-refractivity contribution is 6.30. The molecule has 0 aliphatic rings. The standard InChI is InChI=1S/C25H28N2O3.C7H5ClO2/c1-27(2,29)17-16-26-25(28)18-20-10-14-24(15-11-20)30-19-21-8-12-23(13-9-21)22-6-4-3-5-7-22;8-6-3-1-2-5(4-6)7(9)10/h3-15H,16-19H2,1-2H3,(H,26,28);1-4H,(H,9,10). The number of aromatic carboxylic acids is 1. The number of carboxylic acids is 1. The number of quaternary nitrogens is 1. The van der Waals surface area contributed by atoms with Gasteiger partial charge in [-0.25, -0.2) is 4.79 Å². The van der Waals surface area contributed by atoms with Gasteiger partial charge in [0.2, 0.25) is 5.91 Å². The van der Waals surface area contributed by atoms with Crippen LogP contribution in [0.15, 0.2) is 103 Å². The molecule has 1 amide bonds. The van der Waals surface area contributed by atoms with Gasteiger partial charge in [0.1, 0.15) is 12.4 Å². The lowest BCUT2D eigenvalue weighted by atomic mass is 10.0. The first-order chi connectivity index (χ1) is 19.1. The summed E-state index contributed by atoms with van der Waals surface area (Å²) in [5.74, 6) is -0.283. The number of rotatable bonds is 10. The SMILES string of the molecule is C[N+](C)([O-])CCNC(=O)Cc1ccc(OCc2ccc(-c3ccccc3)cc2)cc1.O=C(O)c1cccc(Cl)c1. The monoisotopic (exact) mass is 560 g/mol. The Morgan fingerprint density at radius 1 is 0.850 bits per heavy atom. The average Bonchev–Trinajstić information content (AvgIpc) is 2.93. The van der Waals surface area contributed by atoms with Crippen LogP contribution in [0.25, 0.3) is 11.1 Å². The second-order valence-corrected chi connectivity index (χ2v) is 10.1. The molecule has 40 heavy (non-hydrogen) atoms. The molecule has 4 rings (SSSR count). The fourth-order valence-corrected chi connectivity index (χ4v) is 3.82. The number of ether oxygens (including phenoxy) is 1. The quantitative estimate of drug-likeness (QED) is 0.178. The lowest BCUT2D eigenvalue weighted by molar-refractivity contribution is -0.838. The molecule has 0 unspecified atom stereocenters. The number of carbonyl (C=O) groups excluding carboxylic acids is 1. The number of carboxylic acid groups (broad SMARTS) is 1. The average molecular weight is 561 g/mol. The highest BCUT2D eigenvalue weighted by atomic mass is 35.5. The molecule has 4 aromatic rings. The predicted molar refractivity (Wildman–Crippen MR) is 158 cm³/mol. The van der Waals surface area contributed by atoms with Crippen LogP contribution in [-0.4, -0.2) is 48.8 Å². The van der Waals surface area contributed by atoms with Crippen LogP contribution < -0.4 is 10.1 Å². The maximum absolute atomic E-state index is 12.0. The molecule has 0 spiro atoms. The van der Waals surface area contributed by atoms with E-state index in [2.05, 4.69) is 41.7 Å². The molecule has 0 fully saturated rings. The lowest BCUT2D eigenvalue weighted by Gasteiger charge is -2.33. The Hall–Kier alpha value is -4.17. The summed E-state index contributed by atoms with van der Waals surface area (Å²) >= 11 is 5.53. The van der Waals surface area contributed by atoms with Crippen LogP contribution in [0.3, 0.4) is 0 Å². The first kappa shape index (κ1) is 30.4. The van der Waals surface area contributed by atoms with Crippen molar-refractivity contribution >= 4 is 23.5 Å². The minimum Gasteiger partial charge on any atom is -0.633 e. The Balaban J connectivity index is 0.000000371. The van der Waals surface area contributed by atoms with E-state index >= 15 is 0 Å². The number of halogens is 1. The van der Waals surface area contributed by atoms with Crippen LogP contribution >= 0.6 is 11.6 Å². The molecule has 0 atom stereocenters. The fraction of sp³-hybridized carbons (Fsp3) is 0.188. The van der Waals surface area contributed by atoms with Crippen LogP contribution in [0.5, 0.6) is 5.75 Å². The third kappa shape index (κ3) is 10.9. The van der Waals surface area contributed by atoms with Gasteiger partial charge in [0.25, 0.3) is 0 Å². The Labute approximate surface area is 239 Å². The Morgan fingerprint density at radius 3 is 2.05 bits per heavy atom. The number of likely N-dealkylation sites (N-methyl/N-ethyl adjacent to an activating group) is 1. The summed E-state index contributed by atoms with van der Waals surface area (Å²) in [4.78, 5) is 22.3. The number of nitrogens with zero attached hydrogens (tertiary/aromatic N) is 1. The van der Waals surface area contributed by atoms with Crippen molar-refractivity contribution in [2.45, 2.75) is 13.0 Å². The minimum absolute atomic E-state index is 0.0874. The number of amides is 1.